The number of carbonyl (C=O) groups is 1. The average Bonchev–Trinajstić information content (AvgIpc) is 3.14. The highest BCUT2D eigenvalue weighted by molar-refractivity contribution is 5.87. The lowest BCUT2D eigenvalue weighted by Gasteiger charge is -2.48. The van der Waals surface area contributed by atoms with E-state index in [2.05, 4.69) is 0 Å². The van der Waals surface area contributed by atoms with Gasteiger partial charge in [0.25, 0.3) is 0 Å². The van der Waals surface area contributed by atoms with Crippen LogP contribution < -0.4 is 0 Å². The van der Waals surface area contributed by atoms with Crippen molar-refractivity contribution in [1.82, 2.24) is 0 Å². The van der Waals surface area contributed by atoms with E-state index in [0.717, 1.165) is 6.08 Å². The van der Waals surface area contributed by atoms with Crippen molar-refractivity contribution in [3.8, 4) is 23.0 Å². The molecule has 0 spiro atoms. The Bertz CT molecular complexity index is 1590. The van der Waals surface area contributed by atoms with Crippen LogP contribution in [0, 0.1) is 0 Å². The minimum atomic E-state index is -1.91. The maximum atomic E-state index is 13.0. The van der Waals surface area contributed by atoms with E-state index in [9.17, 15) is 61.0 Å². The van der Waals surface area contributed by atoms with Gasteiger partial charge in [-0.3, -0.25) is 0 Å². The van der Waals surface area contributed by atoms with Gasteiger partial charge in [0.1, 0.15) is 54.9 Å². The normalized spacial score (nSPS) is 37.3. The van der Waals surface area contributed by atoms with Crippen molar-refractivity contribution < 1.29 is 94.1 Å². The van der Waals surface area contributed by atoms with E-state index in [4.69, 9.17) is 33.2 Å². The number of aromatic hydroxyl groups is 4. The molecule has 0 bridgehead atoms. The summed E-state index contributed by atoms with van der Waals surface area (Å²) in [5.41, 5.74) is 0.848. The van der Waals surface area contributed by atoms with Crippen LogP contribution in [0.5, 0.6) is 23.0 Å². The molecule has 0 radical (unpaired) electrons. The van der Waals surface area contributed by atoms with E-state index in [0.29, 0.717) is 11.1 Å². The largest absolute Gasteiger partial charge is 0.504 e. The van der Waals surface area contributed by atoms with Gasteiger partial charge < -0.3 is 89.3 Å². The van der Waals surface area contributed by atoms with E-state index >= 15 is 0 Å². The van der Waals surface area contributed by atoms with Gasteiger partial charge in [-0.1, -0.05) is 12.1 Å². The summed E-state index contributed by atoms with van der Waals surface area (Å²) in [6, 6.07) is 7.88. The second kappa shape index (κ2) is 17.9. The Kier molecular flexibility index (Phi) is 13.7. The van der Waals surface area contributed by atoms with Gasteiger partial charge in [0, 0.05) is 6.08 Å². The maximum absolute atomic E-state index is 13.0. The van der Waals surface area contributed by atoms with Crippen molar-refractivity contribution in [3.63, 3.8) is 0 Å². The molecular weight excluding hydrogens is 724 g/mol. The summed E-state index contributed by atoms with van der Waals surface area (Å²) in [5.74, 6) is -2.55. The van der Waals surface area contributed by atoms with Gasteiger partial charge in [-0.15, -0.1) is 0 Å². The Balaban J connectivity index is 1.33. The average molecular weight is 771 g/mol. The molecule has 15 unspecified atom stereocenters. The third-order valence-corrected chi connectivity index (χ3v) is 9.34. The van der Waals surface area contributed by atoms with E-state index in [-0.39, 0.29) is 30.3 Å². The molecule has 3 fully saturated rings. The Morgan fingerprint density at radius 3 is 1.93 bits per heavy atom. The lowest BCUT2D eigenvalue weighted by molar-refractivity contribution is -0.375. The SMILES string of the molecule is CC1OC(OC2C(C)OC(OC3C(O)C(OCCc4ccc(O)c(O)c4)OC(CO)C3OC(=O)/C=C\c3ccc(O)c(O)c3)C(O)C2O)C(O)C(O)C1O. The highest BCUT2D eigenvalue weighted by Gasteiger charge is 2.54. The molecule has 0 aromatic heterocycles. The molecule has 0 aliphatic carbocycles. The molecule has 2 aromatic rings. The number of hydrogen-bond donors (Lipinski definition) is 11. The quantitative estimate of drug-likeness (QED) is 0.0622. The first-order chi connectivity index (χ1) is 25.6. The number of rotatable bonds is 12. The summed E-state index contributed by atoms with van der Waals surface area (Å²) in [6.45, 7) is 1.93. The zero-order valence-electron chi connectivity index (χ0n) is 29.1. The molecule has 3 saturated heterocycles. The van der Waals surface area contributed by atoms with Gasteiger partial charge in [-0.05, 0) is 61.7 Å². The van der Waals surface area contributed by atoms with E-state index in [1.165, 1.54) is 56.3 Å². The number of phenolic OH excluding ortho intramolecular Hbond substituents is 4. The van der Waals surface area contributed by atoms with E-state index in [1.54, 1.807) is 0 Å². The van der Waals surface area contributed by atoms with E-state index < -0.39 is 110 Å². The van der Waals surface area contributed by atoms with Crippen LogP contribution in [-0.4, -0.2) is 167 Å². The highest BCUT2D eigenvalue weighted by atomic mass is 16.8. The van der Waals surface area contributed by atoms with Crippen LogP contribution in [0.15, 0.2) is 42.5 Å². The van der Waals surface area contributed by atoms with Crippen LogP contribution in [0.2, 0.25) is 0 Å². The fourth-order valence-electron chi connectivity index (χ4n) is 6.22. The smallest absolute Gasteiger partial charge is 0.331 e. The minimum absolute atomic E-state index is 0.125. The third kappa shape index (κ3) is 9.40. The molecule has 5 rings (SSSR count). The van der Waals surface area contributed by atoms with Gasteiger partial charge in [0.15, 0.2) is 48.0 Å². The summed E-state index contributed by atoms with van der Waals surface area (Å²) in [4.78, 5) is 13.0. The fraction of sp³-hybridized carbons (Fsp3) is 0.571. The molecule has 3 aliphatic rings. The number of phenols is 4. The molecule has 54 heavy (non-hydrogen) atoms. The van der Waals surface area contributed by atoms with Gasteiger partial charge in [0.2, 0.25) is 0 Å². The predicted octanol–water partition coefficient (Wildman–Crippen LogP) is -2.16. The number of carbonyl (C=O) groups excluding carboxylic acids is 1. The number of ether oxygens (including phenoxy) is 7. The Hall–Kier alpha value is -3.67. The summed E-state index contributed by atoms with van der Waals surface area (Å²) in [6.07, 6.45) is -20.9. The zero-order chi connectivity index (χ0) is 39.4. The fourth-order valence-corrected chi connectivity index (χ4v) is 6.22. The van der Waals surface area contributed by atoms with Crippen molar-refractivity contribution in [2.75, 3.05) is 13.2 Å². The van der Waals surface area contributed by atoms with Crippen LogP contribution in [0.25, 0.3) is 6.08 Å². The molecular formula is C35H46O19. The van der Waals surface area contributed by atoms with Crippen molar-refractivity contribution in [3.05, 3.63) is 53.6 Å². The molecule has 15 atom stereocenters. The maximum Gasteiger partial charge on any atom is 0.331 e. The number of hydrogen-bond acceptors (Lipinski definition) is 19. The lowest BCUT2D eigenvalue weighted by atomic mass is 9.96. The second-order valence-corrected chi connectivity index (χ2v) is 13.2. The summed E-state index contributed by atoms with van der Waals surface area (Å²) in [7, 11) is 0. The topological polar surface area (TPSA) is 304 Å². The Morgan fingerprint density at radius 1 is 0.667 bits per heavy atom. The first-order valence-electron chi connectivity index (χ1n) is 17.1. The van der Waals surface area contributed by atoms with E-state index in [1.807, 2.05) is 0 Å². The van der Waals surface area contributed by atoms with Crippen LogP contribution in [0.3, 0.4) is 0 Å². The minimum Gasteiger partial charge on any atom is -0.504 e. The Morgan fingerprint density at radius 2 is 1.28 bits per heavy atom. The van der Waals surface area contributed by atoms with Crippen LogP contribution >= 0.6 is 0 Å². The molecule has 11 N–H and O–H groups in total. The van der Waals surface area contributed by atoms with Crippen molar-refractivity contribution in [2.24, 2.45) is 0 Å². The summed E-state index contributed by atoms with van der Waals surface area (Å²) in [5, 5.41) is 113. The first-order valence-corrected chi connectivity index (χ1v) is 17.1. The molecule has 19 heteroatoms. The monoisotopic (exact) mass is 770 g/mol. The highest BCUT2D eigenvalue weighted by Crippen LogP contribution is 2.34. The second-order valence-electron chi connectivity index (χ2n) is 13.2. The molecule has 300 valence electrons. The van der Waals surface area contributed by atoms with Gasteiger partial charge >= 0.3 is 5.97 Å². The first kappa shape index (κ1) is 41.5. The molecule has 0 saturated carbocycles. The molecule has 3 heterocycles. The van der Waals surface area contributed by atoms with Crippen molar-refractivity contribution in [1.29, 1.82) is 0 Å². The summed E-state index contributed by atoms with van der Waals surface area (Å²) < 4.78 is 40.0. The van der Waals surface area contributed by atoms with Gasteiger partial charge in [-0.2, -0.15) is 0 Å². The predicted molar refractivity (Wildman–Crippen MR) is 178 cm³/mol. The van der Waals surface area contributed by atoms with Crippen LogP contribution in [0.4, 0.5) is 0 Å². The third-order valence-electron chi connectivity index (χ3n) is 9.34. The number of aliphatic hydroxyl groups excluding tert-OH is 7. The molecule has 2 aromatic carbocycles. The molecule has 19 nitrogen and oxygen atoms in total. The summed E-state index contributed by atoms with van der Waals surface area (Å²) >= 11 is 0. The zero-order valence-corrected chi connectivity index (χ0v) is 29.1. The standard InChI is InChI=1S/C35H46O19/c1-14-24(42)25(43)27(45)34(49-14)53-30-15(2)50-35(28(46)26(30)44)54-32-29(47)33(48-10-9-17-4-7-19(38)21(40)12-17)51-22(13-36)31(32)52-23(41)8-5-16-3-6-18(37)20(39)11-16/h3-8,11-12,14-15,22,24-40,42-47H,9-10,13H2,1-2H3/b8-5-. The molecule has 3 aliphatic heterocycles. The van der Waals surface area contributed by atoms with Crippen molar-refractivity contribution in [2.45, 2.75) is 112 Å². The molecule has 0 amide bonds. The van der Waals surface area contributed by atoms with Gasteiger partial charge in [0.05, 0.1) is 25.4 Å². The number of aliphatic hydroxyl groups is 7. The van der Waals surface area contributed by atoms with Crippen LogP contribution in [0.1, 0.15) is 25.0 Å². The van der Waals surface area contributed by atoms with Gasteiger partial charge in [-0.25, -0.2) is 4.79 Å². The number of benzene rings is 2. The lowest BCUT2D eigenvalue weighted by Crippen LogP contribution is -2.66. The van der Waals surface area contributed by atoms with Crippen molar-refractivity contribution >= 4 is 12.0 Å². The Labute approximate surface area is 308 Å². The number of esters is 1. The van der Waals surface area contributed by atoms with Crippen LogP contribution in [-0.2, 0) is 44.4 Å².